The minimum atomic E-state index is -3.61. The van der Waals surface area contributed by atoms with E-state index in [9.17, 15) is 13.2 Å². The first-order chi connectivity index (χ1) is 12.2. The standard InChI is InChI=1S/C20H23NO4S/c1-20(2,3)25-19(22)21-18(16-10-6-4-7-11-16)14-15-26(23,24)17-12-8-5-9-13-17/h4-15,18H,1-3H3,(H,21,22)/b15-14+/t18-/m0/s1. The lowest BCUT2D eigenvalue weighted by Crippen LogP contribution is -2.34. The molecule has 0 saturated heterocycles. The summed E-state index contributed by atoms with van der Waals surface area (Å²) in [4.78, 5) is 12.3. The molecule has 0 aliphatic heterocycles. The Balaban J connectivity index is 2.26. The van der Waals surface area contributed by atoms with Crippen LogP contribution in [0.4, 0.5) is 4.79 Å². The molecule has 0 aromatic heterocycles. The topological polar surface area (TPSA) is 72.5 Å². The third kappa shape index (κ3) is 6.04. The summed E-state index contributed by atoms with van der Waals surface area (Å²) < 4.78 is 30.2. The van der Waals surface area contributed by atoms with E-state index in [0.717, 1.165) is 11.0 Å². The highest BCUT2D eigenvalue weighted by Gasteiger charge is 2.20. The highest BCUT2D eigenvalue weighted by molar-refractivity contribution is 7.94. The summed E-state index contributed by atoms with van der Waals surface area (Å²) >= 11 is 0. The van der Waals surface area contributed by atoms with E-state index in [1.165, 1.54) is 18.2 Å². The third-order valence-electron chi connectivity index (χ3n) is 3.35. The number of hydrogen-bond acceptors (Lipinski definition) is 4. The van der Waals surface area contributed by atoms with Crippen LogP contribution in [0.25, 0.3) is 0 Å². The molecule has 0 unspecified atom stereocenters. The van der Waals surface area contributed by atoms with Gasteiger partial charge in [-0.05, 0) is 44.5 Å². The van der Waals surface area contributed by atoms with Gasteiger partial charge in [0.2, 0.25) is 0 Å². The number of amides is 1. The number of rotatable bonds is 5. The number of carbonyl (C=O) groups excluding carboxylic acids is 1. The predicted molar refractivity (Wildman–Crippen MR) is 101 cm³/mol. The fourth-order valence-electron chi connectivity index (χ4n) is 2.21. The third-order valence-corrected chi connectivity index (χ3v) is 4.80. The van der Waals surface area contributed by atoms with Crippen molar-refractivity contribution in [1.29, 1.82) is 0 Å². The second-order valence-electron chi connectivity index (χ2n) is 6.72. The van der Waals surface area contributed by atoms with E-state index in [-0.39, 0.29) is 4.90 Å². The highest BCUT2D eigenvalue weighted by atomic mass is 32.2. The number of ether oxygens (including phenoxy) is 1. The molecule has 0 spiro atoms. The number of hydrogen-bond donors (Lipinski definition) is 1. The van der Waals surface area contributed by atoms with Gasteiger partial charge in [0.25, 0.3) is 0 Å². The van der Waals surface area contributed by atoms with E-state index in [4.69, 9.17) is 4.74 Å². The molecule has 26 heavy (non-hydrogen) atoms. The SMILES string of the molecule is CC(C)(C)OC(=O)N[C@@H](/C=C/S(=O)(=O)c1ccccc1)c1ccccc1. The Bertz CT molecular complexity index is 854. The molecule has 5 nitrogen and oxygen atoms in total. The van der Waals surface area contributed by atoms with Crippen LogP contribution in [0.15, 0.2) is 77.0 Å². The van der Waals surface area contributed by atoms with Gasteiger partial charge >= 0.3 is 6.09 Å². The van der Waals surface area contributed by atoms with Gasteiger partial charge in [0, 0.05) is 5.41 Å². The molecule has 0 bridgehead atoms. The molecule has 0 radical (unpaired) electrons. The van der Waals surface area contributed by atoms with Crippen LogP contribution in [0.5, 0.6) is 0 Å². The molecule has 2 aromatic carbocycles. The second kappa shape index (κ2) is 8.19. The summed E-state index contributed by atoms with van der Waals surface area (Å²) in [5.74, 6) is 0. The highest BCUT2D eigenvalue weighted by Crippen LogP contribution is 2.18. The summed E-state index contributed by atoms with van der Waals surface area (Å²) in [6.45, 7) is 5.29. The van der Waals surface area contributed by atoms with Crippen molar-refractivity contribution >= 4 is 15.9 Å². The monoisotopic (exact) mass is 373 g/mol. The van der Waals surface area contributed by atoms with Crippen LogP contribution in [0.3, 0.4) is 0 Å². The van der Waals surface area contributed by atoms with E-state index in [1.54, 1.807) is 39.0 Å². The Kier molecular flexibility index (Phi) is 6.21. The minimum Gasteiger partial charge on any atom is -0.444 e. The molecule has 1 atom stereocenters. The summed E-state index contributed by atoms with van der Waals surface area (Å²) in [7, 11) is -3.61. The van der Waals surface area contributed by atoms with Crippen LogP contribution < -0.4 is 5.32 Å². The molecular weight excluding hydrogens is 350 g/mol. The van der Waals surface area contributed by atoms with E-state index in [2.05, 4.69) is 5.32 Å². The average Bonchev–Trinajstić information content (AvgIpc) is 2.58. The van der Waals surface area contributed by atoms with Crippen LogP contribution in [0.2, 0.25) is 0 Å². The molecule has 0 aliphatic carbocycles. The molecule has 0 heterocycles. The molecule has 1 N–H and O–H groups in total. The Morgan fingerprint density at radius 2 is 1.54 bits per heavy atom. The lowest BCUT2D eigenvalue weighted by molar-refractivity contribution is 0.0514. The minimum absolute atomic E-state index is 0.195. The van der Waals surface area contributed by atoms with Crippen molar-refractivity contribution in [3.8, 4) is 0 Å². The van der Waals surface area contributed by atoms with Gasteiger partial charge in [-0.25, -0.2) is 13.2 Å². The van der Waals surface area contributed by atoms with Gasteiger partial charge in [0.05, 0.1) is 10.9 Å². The van der Waals surface area contributed by atoms with Crippen LogP contribution in [-0.4, -0.2) is 20.1 Å². The van der Waals surface area contributed by atoms with Gasteiger partial charge < -0.3 is 10.1 Å². The van der Waals surface area contributed by atoms with Gasteiger partial charge in [-0.15, -0.1) is 0 Å². The fraction of sp³-hybridized carbons (Fsp3) is 0.250. The Labute approximate surface area is 154 Å². The van der Waals surface area contributed by atoms with Crippen molar-refractivity contribution in [2.45, 2.75) is 37.3 Å². The molecule has 2 rings (SSSR count). The number of carbonyl (C=O) groups is 1. The van der Waals surface area contributed by atoms with E-state index in [1.807, 2.05) is 30.3 Å². The average molecular weight is 373 g/mol. The second-order valence-corrected chi connectivity index (χ2v) is 8.55. The van der Waals surface area contributed by atoms with Crippen LogP contribution in [-0.2, 0) is 14.6 Å². The summed E-state index contributed by atoms with van der Waals surface area (Å²) in [6.07, 6.45) is 0.829. The number of nitrogens with one attached hydrogen (secondary N) is 1. The maximum Gasteiger partial charge on any atom is 0.408 e. The summed E-state index contributed by atoms with van der Waals surface area (Å²) in [5, 5.41) is 3.81. The van der Waals surface area contributed by atoms with Crippen molar-refractivity contribution in [3.05, 3.63) is 77.7 Å². The zero-order chi connectivity index (χ0) is 19.2. The van der Waals surface area contributed by atoms with Gasteiger partial charge in [-0.3, -0.25) is 0 Å². The quantitative estimate of drug-likeness (QED) is 0.851. The maximum atomic E-state index is 12.5. The molecule has 0 saturated carbocycles. The zero-order valence-electron chi connectivity index (χ0n) is 15.0. The zero-order valence-corrected chi connectivity index (χ0v) is 15.9. The predicted octanol–water partition coefficient (Wildman–Crippen LogP) is 4.24. The van der Waals surface area contributed by atoms with E-state index < -0.39 is 27.6 Å². The number of benzene rings is 2. The van der Waals surface area contributed by atoms with Crippen molar-refractivity contribution in [1.82, 2.24) is 5.32 Å². The summed E-state index contributed by atoms with van der Waals surface area (Å²) in [6, 6.07) is 16.6. The normalized spacial score (nSPS) is 13.3. The first-order valence-electron chi connectivity index (χ1n) is 8.20. The molecule has 1 amide bonds. The van der Waals surface area contributed by atoms with Gasteiger partial charge in [-0.1, -0.05) is 48.5 Å². The lowest BCUT2D eigenvalue weighted by Gasteiger charge is -2.22. The molecule has 138 valence electrons. The first kappa shape index (κ1) is 19.7. The Morgan fingerprint density at radius 3 is 2.08 bits per heavy atom. The van der Waals surface area contributed by atoms with E-state index in [0.29, 0.717) is 0 Å². The van der Waals surface area contributed by atoms with Gasteiger partial charge in [0.1, 0.15) is 5.60 Å². The van der Waals surface area contributed by atoms with Crippen molar-refractivity contribution < 1.29 is 17.9 Å². The van der Waals surface area contributed by atoms with Crippen molar-refractivity contribution in [2.75, 3.05) is 0 Å². The van der Waals surface area contributed by atoms with Crippen molar-refractivity contribution in [3.63, 3.8) is 0 Å². The molecular formula is C20H23NO4S. The number of sulfone groups is 1. The van der Waals surface area contributed by atoms with Crippen LogP contribution in [0, 0.1) is 0 Å². The summed E-state index contributed by atoms with van der Waals surface area (Å²) in [5.41, 5.74) is 0.100. The van der Waals surface area contributed by atoms with Crippen molar-refractivity contribution in [2.24, 2.45) is 0 Å². The molecule has 0 aliphatic rings. The first-order valence-corrected chi connectivity index (χ1v) is 9.75. The van der Waals surface area contributed by atoms with E-state index >= 15 is 0 Å². The molecule has 0 fully saturated rings. The maximum absolute atomic E-state index is 12.5. The molecule has 2 aromatic rings. The Hall–Kier alpha value is -2.60. The van der Waals surface area contributed by atoms with Crippen LogP contribution >= 0.6 is 0 Å². The lowest BCUT2D eigenvalue weighted by atomic mass is 10.1. The van der Waals surface area contributed by atoms with Gasteiger partial charge in [-0.2, -0.15) is 0 Å². The smallest absolute Gasteiger partial charge is 0.408 e. The molecule has 6 heteroatoms. The fourth-order valence-corrected chi connectivity index (χ4v) is 3.27. The van der Waals surface area contributed by atoms with Crippen LogP contribution in [0.1, 0.15) is 32.4 Å². The van der Waals surface area contributed by atoms with Gasteiger partial charge in [0.15, 0.2) is 9.84 Å². The largest absolute Gasteiger partial charge is 0.444 e. The Morgan fingerprint density at radius 1 is 1.00 bits per heavy atom. The number of alkyl carbamates (subject to hydrolysis) is 1.